The Labute approximate surface area is 180 Å². The molecule has 1 amide bonds. The van der Waals surface area contributed by atoms with Gasteiger partial charge in [-0.2, -0.15) is 10.2 Å². The largest absolute Gasteiger partial charge is 0.462 e. The number of benzene rings is 2. The molecular weight excluding hydrogens is 426 g/mol. The van der Waals surface area contributed by atoms with Crippen LogP contribution in [0.1, 0.15) is 24.2 Å². The van der Waals surface area contributed by atoms with Gasteiger partial charge in [0, 0.05) is 5.69 Å². The number of ketones is 1. The molecule has 31 heavy (non-hydrogen) atoms. The number of carbonyl (C=O) groups excluding carboxylic acids is 3. The fraction of sp³-hybridized carbons (Fsp3) is 0.200. The number of Topliss-reactive ketones (excluding diaryl/α,β-unsaturated/α-hetero) is 1. The highest BCUT2D eigenvalue weighted by Crippen LogP contribution is 2.27. The second-order valence-corrected chi connectivity index (χ2v) is 6.85. The van der Waals surface area contributed by atoms with Crippen molar-refractivity contribution in [2.45, 2.75) is 19.9 Å². The van der Waals surface area contributed by atoms with E-state index in [4.69, 9.17) is 16.3 Å². The van der Waals surface area contributed by atoms with Gasteiger partial charge in [-0.15, -0.1) is 0 Å². The number of hydrogen-bond acceptors (Lipinski definition) is 7. The summed E-state index contributed by atoms with van der Waals surface area (Å²) in [4.78, 5) is 53.0. The van der Waals surface area contributed by atoms with Crippen molar-refractivity contribution in [2.24, 2.45) is 10.2 Å². The zero-order valence-electron chi connectivity index (χ0n) is 16.6. The number of anilines is 1. The lowest BCUT2D eigenvalue weighted by Crippen LogP contribution is -2.31. The van der Waals surface area contributed by atoms with Crippen molar-refractivity contribution < 1.29 is 19.1 Å². The van der Waals surface area contributed by atoms with Crippen molar-refractivity contribution in [1.82, 2.24) is 9.97 Å². The molecule has 1 unspecified atom stereocenters. The second kappa shape index (κ2) is 9.35. The first-order valence-corrected chi connectivity index (χ1v) is 9.57. The molecule has 0 saturated heterocycles. The number of fused-ring (bicyclic) bond motifs is 1. The second-order valence-electron chi connectivity index (χ2n) is 6.44. The Balaban J connectivity index is 1.81. The maximum atomic E-state index is 12.6. The third kappa shape index (κ3) is 5.23. The summed E-state index contributed by atoms with van der Waals surface area (Å²) in [5, 5.41) is 10.5. The van der Waals surface area contributed by atoms with Gasteiger partial charge in [0.25, 0.3) is 5.91 Å². The van der Waals surface area contributed by atoms with Crippen molar-refractivity contribution in [3.05, 3.63) is 57.5 Å². The molecule has 1 aromatic heterocycles. The molecule has 3 rings (SSSR count). The van der Waals surface area contributed by atoms with Gasteiger partial charge in [0.15, 0.2) is 5.78 Å². The van der Waals surface area contributed by atoms with Crippen LogP contribution in [0.5, 0.6) is 0 Å². The van der Waals surface area contributed by atoms with Crippen molar-refractivity contribution >= 4 is 51.7 Å². The summed E-state index contributed by atoms with van der Waals surface area (Å²) < 4.78 is 4.93. The van der Waals surface area contributed by atoms with Crippen LogP contribution in [0.3, 0.4) is 0 Å². The van der Waals surface area contributed by atoms with Gasteiger partial charge in [-0.25, -0.2) is 9.59 Å². The summed E-state index contributed by atoms with van der Waals surface area (Å²) in [5.41, 5.74) is 1.36. The van der Waals surface area contributed by atoms with Crippen molar-refractivity contribution in [1.29, 1.82) is 0 Å². The first kappa shape index (κ1) is 21.9. The lowest BCUT2D eigenvalue weighted by molar-refractivity contribution is -0.126. The minimum Gasteiger partial charge on any atom is -0.462 e. The Bertz CT molecular complexity index is 1250. The highest BCUT2D eigenvalue weighted by Gasteiger charge is 2.23. The van der Waals surface area contributed by atoms with Crippen LogP contribution in [0, 0.1) is 0 Å². The fourth-order valence-electron chi connectivity index (χ4n) is 2.69. The minimum atomic E-state index is -1.44. The van der Waals surface area contributed by atoms with Crippen LogP contribution >= 0.6 is 11.6 Å². The Morgan fingerprint density at radius 1 is 1.13 bits per heavy atom. The molecule has 0 aliphatic rings. The number of esters is 1. The number of aromatic nitrogens is 2. The number of nitrogens with one attached hydrogen (secondary N) is 3. The standard InChI is InChI=1S/C20H18ClN5O5/c1-3-31-19(29)11-4-6-13(21)15(8-11)25-26-17(10(2)27)18(28)22-12-5-7-14-16(9-12)24-20(30)23-14/h4-9,17H,3H2,1-2H3,(H,22,28)(H2,23,24,30). The average Bonchev–Trinajstić information content (AvgIpc) is 3.08. The number of carbonyl (C=O) groups is 3. The highest BCUT2D eigenvalue weighted by atomic mass is 35.5. The quantitative estimate of drug-likeness (QED) is 0.291. The summed E-state index contributed by atoms with van der Waals surface area (Å²) in [6, 6.07) is 7.54. The van der Waals surface area contributed by atoms with Crippen LogP contribution in [0.4, 0.5) is 11.4 Å². The normalized spacial score (nSPS) is 12.1. The van der Waals surface area contributed by atoms with Gasteiger partial charge in [0.2, 0.25) is 6.04 Å². The van der Waals surface area contributed by atoms with E-state index in [0.717, 1.165) is 0 Å². The smallest absolute Gasteiger partial charge is 0.338 e. The van der Waals surface area contributed by atoms with Gasteiger partial charge < -0.3 is 20.0 Å². The van der Waals surface area contributed by atoms with E-state index in [1.807, 2.05) is 0 Å². The summed E-state index contributed by atoms with van der Waals surface area (Å²) in [6.45, 7) is 3.08. The van der Waals surface area contributed by atoms with E-state index >= 15 is 0 Å². The Morgan fingerprint density at radius 2 is 1.87 bits per heavy atom. The van der Waals surface area contributed by atoms with Crippen LogP contribution in [0.2, 0.25) is 5.02 Å². The molecule has 0 saturated carbocycles. The number of amides is 1. The Hall–Kier alpha value is -3.79. The molecule has 160 valence electrons. The van der Waals surface area contributed by atoms with Gasteiger partial charge >= 0.3 is 11.7 Å². The molecule has 3 N–H and O–H groups in total. The number of nitrogens with zero attached hydrogens (tertiary/aromatic N) is 2. The SMILES string of the molecule is CCOC(=O)c1ccc(Cl)c(N=NC(C(C)=O)C(=O)Nc2ccc3[nH]c(=O)[nH]c3c2)c1. The molecule has 3 aromatic rings. The summed E-state index contributed by atoms with van der Waals surface area (Å²) >= 11 is 6.08. The Kier molecular flexibility index (Phi) is 6.61. The van der Waals surface area contributed by atoms with Gasteiger partial charge in [0.1, 0.15) is 5.69 Å². The predicted octanol–water partition coefficient (Wildman–Crippen LogP) is 3.37. The molecule has 10 nitrogen and oxygen atoms in total. The molecule has 0 aliphatic heterocycles. The molecule has 0 radical (unpaired) electrons. The third-order valence-corrected chi connectivity index (χ3v) is 4.47. The van der Waals surface area contributed by atoms with E-state index in [1.165, 1.54) is 25.1 Å². The molecule has 2 aromatic carbocycles. The number of azo groups is 1. The molecular formula is C20H18ClN5O5. The van der Waals surface area contributed by atoms with E-state index in [-0.39, 0.29) is 28.6 Å². The number of halogens is 1. The van der Waals surface area contributed by atoms with Crippen LogP contribution < -0.4 is 11.0 Å². The lowest BCUT2D eigenvalue weighted by Gasteiger charge is -2.10. The zero-order chi connectivity index (χ0) is 22.5. The van der Waals surface area contributed by atoms with Crippen molar-refractivity contribution in [3.8, 4) is 0 Å². The maximum absolute atomic E-state index is 12.6. The average molecular weight is 444 g/mol. The molecule has 1 heterocycles. The molecule has 0 aliphatic carbocycles. The van der Waals surface area contributed by atoms with Gasteiger partial charge in [-0.05, 0) is 50.2 Å². The van der Waals surface area contributed by atoms with E-state index in [9.17, 15) is 19.2 Å². The van der Waals surface area contributed by atoms with Crippen molar-refractivity contribution in [3.63, 3.8) is 0 Å². The summed E-state index contributed by atoms with van der Waals surface area (Å²) in [5.74, 6) is -1.82. The molecule has 11 heteroatoms. The zero-order valence-corrected chi connectivity index (χ0v) is 17.3. The van der Waals surface area contributed by atoms with Gasteiger partial charge in [-0.3, -0.25) is 9.59 Å². The maximum Gasteiger partial charge on any atom is 0.338 e. The number of rotatable bonds is 7. The summed E-state index contributed by atoms with van der Waals surface area (Å²) in [7, 11) is 0. The highest BCUT2D eigenvalue weighted by molar-refractivity contribution is 6.33. The number of H-pyrrole nitrogens is 2. The first-order valence-electron chi connectivity index (χ1n) is 9.19. The van der Waals surface area contributed by atoms with Crippen molar-refractivity contribution in [2.75, 3.05) is 11.9 Å². The topological polar surface area (TPSA) is 146 Å². The number of imidazole rings is 1. The molecule has 0 bridgehead atoms. The van der Waals surface area contributed by atoms with E-state index in [2.05, 4.69) is 25.5 Å². The van der Waals surface area contributed by atoms with E-state index < -0.39 is 23.7 Å². The minimum absolute atomic E-state index is 0.109. The number of ether oxygens (including phenoxy) is 1. The first-order chi connectivity index (χ1) is 14.8. The number of hydrogen-bond donors (Lipinski definition) is 3. The molecule has 0 fully saturated rings. The van der Waals surface area contributed by atoms with E-state index in [1.54, 1.807) is 25.1 Å². The fourth-order valence-corrected chi connectivity index (χ4v) is 2.85. The molecule has 1 atom stereocenters. The van der Waals surface area contributed by atoms with Crippen LogP contribution in [-0.2, 0) is 14.3 Å². The summed E-state index contributed by atoms with van der Waals surface area (Å²) in [6.07, 6.45) is 0. The molecule has 0 spiro atoms. The predicted molar refractivity (Wildman–Crippen MR) is 114 cm³/mol. The van der Waals surface area contributed by atoms with Gasteiger partial charge in [0.05, 0.1) is 28.2 Å². The third-order valence-electron chi connectivity index (χ3n) is 4.16. The van der Waals surface area contributed by atoms with Crippen LogP contribution in [0.25, 0.3) is 11.0 Å². The van der Waals surface area contributed by atoms with Gasteiger partial charge in [-0.1, -0.05) is 11.6 Å². The van der Waals surface area contributed by atoms with E-state index in [0.29, 0.717) is 16.7 Å². The van der Waals surface area contributed by atoms with Crippen LogP contribution in [-0.4, -0.2) is 40.3 Å². The van der Waals surface area contributed by atoms with Crippen LogP contribution in [0.15, 0.2) is 51.4 Å². The number of aromatic amines is 2. The monoisotopic (exact) mass is 443 g/mol. The Morgan fingerprint density at radius 3 is 2.58 bits per heavy atom. The lowest BCUT2D eigenvalue weighted by atomic mass is 10.2.